The van der Waals surface area contributed by atoms with Gasteiger partial charge in [0.25, 0.3) is 0 Å². The van der Waals surface area contributed by atoms with Gasteiger partial charge in [0.2, 0.25) is 0 Å². The van der Waals surface area contributed by atoms with Gasteiger partial charge in [-0.05, 0) is 38.0 Å². The molecule has 170 valence electrons. The minimum atomic E-state index is -3.53. The van der Waals surface area contributed by atoms with Gasteiger partial charge in [-0.1, -0.05) is 6.07 Å². The van der Waals surface area contributed by atoms with E-state index in [9.17, 15) is 13.2 Å². The van der Waals surface area contributed by atoms with Crippen LogP contribution >= 0.6 is 0 Å². The molecule has 1 aromatic carbocycles. The molecule has 9 heteroatoms. The highest BCUT2D eigenvalue weighted by atomic mass is 32.2. The molecular weight excluding hydrogens is 438 g/mol. The van der Waals surface area contributed by atoms with E-state index >= 15 is 0 Å². The molecule has 1 aliphatic carbocycles. The van der Waals surface area contributed by atoms with Crippen LogP contribution < -0.4 is 5.32 Å². The molecule has 0 spiro atoms. The number of benzene rings is 1. The molecule has 0 radical (unpaired) electrons. The fraction of sp³-hybridized carbons (Fsp3) is 0.333. The molecular formula is C24H25N5O3S. The van der Waals surface area contributed by atoms with Crippen LogP contribution in [0.25, 0.3) is 11.3 Å². The van der Waals surface area contributed by atoms with E-state index in [4.69, 9.17) is 0 Å². The third-order valence-corrected chi connectivity index (χ3v) is 7.13. The fourth-order valence-electron chi connectivity index (χ4n) is 4.16. The van der Waals surface area contributed by atoms with Gasteiger partial charge in [0.15, 0.2) is 9.84 Å². The van der Waals surface area contributed by atoms with Gasteiger partial charge in [-0.25, -0.2) is 13.4 Å². The van der Waals surface area contributed by atoms with E-state index in [1.165, 1.54) is 6.26 Å². The Balaban J connectivity index is 1.56. The lowest BCUT2D eigenvalue weighted by atomic mass is 10.1. The lowest BCUT2D eigenvalue weighted by Crippen LogP contribution is -2.09. The summed E-state index contributed by atoms with van der Waals surface area (Å²) in [5, 5.41) is 3.29. The number of hydrogen-bond donors (Lipinski definition) is 1. The minimum absolute atomic E-state index is 0.158. The lowest BCUT2D eigenvalue weighted by Gasteiger charge is -2.16. The monoisotopic (exact) mass is 463 g/mol. The summed E-state index contributed by atoms with van der Waals surface area (Å²) in [5.41, 5.74) is 5.81. The molecule has 0 saturated heterocycles. The molecule has 3 aromatic rings. The van der Waals surface area contributed by atoms with E-state index in [1.807, 2.05) is 30.7 Å². The van der Waals surface area contributed by atoms with Crippen LogP contribution in [-0.4, -0.2) is 40.7 Å². The zero-order valence-electron chi connectivity index (χ0n) is 18.8. The van der Waals surface area contributed by atoms with Crippen LogP contribution in [0, 0.1) is 5.92 Å². The van der Waals surface area contributed by atoms with Gasteiger partial charge in [-0.2, -0.15) is 0 Å². The fourth-order valence-corrected chi connectivity index (χ4v) is 5.02. The second-order valence-corrected chi connectivity index (χ2v) is 10.9. The van der Waals surface area contributed by atoms with Gasteiger partial charge >= 0.3 is 0 Å². The van der Waals surface area contributed by atoms with Crippen LogP contribution in [0.1, 0.15) is 31.2 Å². The number of rotatable bonds is 7. The van der Waals surface area contributed by atoms with Crippen molar-refractivity contribution in [3.05, 3.63) is 48.2 Å². The second-order valence-electron chi connectivity index (χ2n) is 8.90. The van der Waals surface area contributed by atoms with Crippen molar-refractivity contribution in [2.75, 3.05) is 11.6 Å². The number of imidazole rings is 1. The Morgan fingerprint density at radius 2 is 2.00 bits per heavy atom. The molecule has 0 unspecified atom stereocenters. The summed E-state index contributed by atoms with van der Waals surface area (Å²) in [6, 6.07) is 7.10. The zero-order chi connectivity index (χ0) is 23.3. The number of nitrogens with one attached hydrogen (secondary N) is 1. The standard InChI is InChI=1S/C24H25N5O3S/c1-14-8-19-24(26-14)20(10-17(27-19)11-22(30)15-4-5-15)28-18-7-6-16(9-23(18)33(3,31)32)21-12-25-13-29(21)2/h6-7,9-10,12-13,15H,4-5,8,11H2,1-3H3,(H,27,28). The van der Waals surface area contributed by atoms with Crippen LogP contribution in [-0.2, 0) is 34.5 Å². The van der Waals surface area contributed by atoms with Gasteiger partial charge in [-0.3, -0.25) is 14.8 Å². The summed E-state index contributed by atoms with van der Waals surface area (Å²) in [6.07, 6.45) is 7.38. The Kier molecular flexibility index (Phi) is 5.16. The van der Waals surface area contributed by atoms with Crippen LogP contribution in [0.3, 0.4) is 0 Å². The summed E-state index contributed by atoms with van der Waals surface area (Å²) in [6.45, 7) is 1.94. The maximum absolute atomic E-state index is 12.7. The number of aliphatic imine (C=N–C) groups is 1. The van der Waals surface area contributed by atoms with Gasteiger partial charge < -0.3 is 9.88 Å². The van der Waals surface area contributed by atoms with Crippen LogP contribution in [0.4, 0.5) is 17.1 Å². The quantitative estimate of drug-likeness (QED) is 0.571. The van der Waals surface area contributed by atoms with E-state index < -0.39 is 9.84 Å². The Morgan fingerprint density at radius 1 is 1.21 bits per heavy atom. The van der Waals surface area contributed by atoms with Crippen molar-refractivity contribution in [2.45, 2.75) is 37.5 Å². The summed E-state index contributed by atoms with van der Waals surface area (Å²) < 4.78 is 27.2. The van der Waals surface area contributed by atoms with E-state index in [0.717, 1.165) is 35.5 Å². The Bertz CT molecular complexity index is 1420. The van der Waals surface area contributed by atoms with Crippen LogP contribution in [0.5, 0.6) is 0 Å². The largest absolute Gasteiger partial charge is 0.353 e. The predicted octanol–water partition coefficient (Wildman–Crippen LogP) is 3.80. The first kappa shape index (κ1) is 21.5. The smallest absolute Gasteiger partial charge is 0.177 e. The van der Waals surface area contributed by atoms with Crippen LogP contribution in [0.15, 0.2) is 46.7 Å². The first-order valence-corrected chi connectivity index (χ1v) is 12.8. The third kappa shape index (κ3) is 4.32. The highest BCUT2D eigenvalue weighted by molar-refractivity contribution is 7.90. The molecule has 1 fully saturated rings. The normalized spacial score (nSPS) is 15.3. The number of fused-ring (bicyclic) bond motifs is 1. The number of carbonyl (C=O) groups is 1. The summed E-state index contributed by atoms with van der Waals surface area (Å²) in [4.78, 5) is 26.0. The van der Waals surface area contributed by atoms with Crippen molar-refractivity contribution in [3.8, 4) is 11.3 Å². The summed E-state index contributed by atoms with van der Waals surface area (Å²) in [7, 11) is -1.67. The predicted molar refractivity (Wildman–Crippen MR) is 127 cm³/mol. The van der Waals surface area contributed by atoms with Gasteiger partial charge in [-0.15, -0.1) is 0 Å². The Hall–Kier alpha value is -3.33. The van der Waals surface area contributed by atoms with Crippen molar-refractivity contribution in [1.29, 1.82) is 0 Å². The van der Waals surface area contributed by atoms with E-state index in [0.29, 0.717) is 29.2 Å². The molecule has 8 nitrogen and oxygen atoms in total. The van der Waals surface area contributed by atoms with Gasteiger partial charge in [0.1, 0.15) is 11.5 Å². The Labute approximate surface area is 192 Å². The van der Waals surface area contributed by atoms with Crippen molar-refractivity contribution in [3.63, 3.8) is 0 Å². The van der Waals surface area contributed by atoms with E-state index in [2.05, 4.69) is 20.3 Å². The average molecular weight is 464 g/mol. The summed E-state index contributed by atoms with van der Waals surface area (Å²) in [5.74, 6) is 0.368. The number of hydrogen-bond acceptors (Lipinski definition) is 7. The molecule has 2 aromatic heterocycles. The number of pyridine rings is 1. The number of aryl methyl sites for hydroxylation is 1. The first-order valence-electron chi connectivity index (χ1n) is 10.9. The molecule has 0 bridgehead atoms. The molecule has 1 aliphatic heterocycles. The maximum Gasteiger partial charge on any atom is 0.177 e. The number of aromatic nitrogens is 3. The van der Waals surface area contributed by atoms with E-state index in [-0.39, 0.29) is 23.0 Å². The molecule has 5 rings (SSSR count). The molecule has 33 heavy (non-hydrogen) atoms. The summed E-state index contributed by atoms with van der Waals surface area (Å²) >= 11 is 0. The first-order chi connectivity index (χ1) is 15.7. The molecule has 2 aliphatic rings. The van der Waals surface area contributed by atoms with Crippen molar-refractivity contribution in [2.24, 2.45) is 18.0 Å². The number of nitrogens with zero attached hydrogens (tertiary/aromatic N) is 4. The van der Waals surface area contributed by atoms with Crippen LogP contribution in [0.2, 0.25) is 0 Å². The highest BCUT2D eigenvalue weighted by Crippen LogP contribution is 2.39. The maximum atomic E-state index is 12.7. The van der Waals surface area contributed by atoms with Crippen molar-refractivity contribution in [1.82, 2.24) is 14.5 Å². The van der Waals surface area contributed by atoms with Crippen molar-refractivity contribution < 1.29 is 13.2 Å². The second kappa shape index (κ2) is 7.91. The number of anilines is 2. The molecule has 0 atom stereocenters. The molecule has 3 heterocycles. The molecule has 1 saturated carbocycles. The SMILES string of the molecule is CC1=Nc2c(Nc3ccc(-c4cncn4C)cc3S(C)(=O)=O)cc(CC(=O)C3CC3)nc2C1. The average Bonchev–Trinajstić information content (AvgIpc) is 3.41. The highest BCUT2D eigenvalue weighted by Gasteiger charge is 2.30. The van der Waals surface area contributed by atoms with Gasteiger partial charge in [0.05, 0.1) is 45.9 Å². The van der Waals surface area contributed by atoms with Gasteiger partial charge in [0, 0.05) is 43.3 Å². The number of ketones is 1. The lowest BCUT2D eigenvalue weighted by molar-refractivity contribution is -0.119. The Morgan fingerprint density at radius 3 is 2.67 bits per heavy atom. The third-order valence-electron chi connectivity index (χ3n) is 5.99. The minimum Gasteiger partial charge on any atom is -0.353 e. The zero-order valence-corrected chi connectivity index (χ0v) is 19.6. The number of Topliss-reactive ketones (excluding diaryl/α,β-unsaturated/α-hetero) is 1. The van der Waals surface area contributed by atoms with Crippen molar-refractivity contribution >= 4 is 38.4 Å². The molecule has 1 N–H and O–H groups in total. The topological polar surface area (TPSA) is 106 Å². The van der Waals surface area contributed by atoms with E-state index in [1.54, 1.807) is 24.7 Å². The molecule has 0 amide bonds. The number of sulfone groups is 1. The number of carbonyl (C=O) groups excluding carboxylic acids is 1.